The van der Waals surface area contributed by atoms with Crippen LogP contribution in [0.5, 0.6) is 0 Å². The first-order valence-electron chi connectivity index (χ1n) is 8.43. The third-order valence-electron chi connectivity index (χ3n) is 4.47. The Labute approximate surface area is 151 Å². The quantitative estimate of drug-likeness (QED) is 0.803. The first-order valence-corrected chi connectivity index (χ1v) is 8.43. The van der Waals surface area contributed by atoms with Gasteiger partial charge in [0.05, 0.1) is 17.6 Å². The Kier molecular flexibility index (Phi) is 5.24. The topological polar surface area (TPSA) is 118 Å². The number of carbonyl (C=O) groups is 2. The molecule has 1 aromatic heterocycles. The van der Waals surface area contributed by atoms with Crippen molar-refractivity contribution in [3.8, 4) is 11.3 Å². The average Bonchev–Trinajstić information content (AvgIpc) is 2.67. The summed E-state index contributed by atoms with van der Waals surface area (Å²) in [6, 6.07) is 7.15. The number of nitrogens with two attached hydrogens (primary N) is 2. The molecule has 0 unspecified atom stereocenters. The second-order valence-corrected chi connectivity index (χ2v) is 6.30. The van der Waals surface area contributed by atoms with Crippen molar-refractivity contribution in [1.82, 2.24) is 19.8 Å². The van der Waals surface area contributed by atoms with Gasteiger partial charge >= 0.3 is 0 Å². The van der Waals surface area contributed by atoms with Gasteiger partial charge in [-0.1, -0.05) is 12.1 Å². The van der Waals surface area contributed by atoms with Gasteiger partial charge in [-0.25, -0.2) is 4.98 Å². The lowest BCUT2D eigenvalue weighted by Crippen LogP contribution is -2.47. The summed E-state index contributed by atoms with van der Waals surface area (Å²) in [5, 5.41) is 0. The number of primary amides is 1. The molecule has 0 aliphatic carbocycles. The van der Waals surface area contributed by atoms with Crippen LogP contribution in [-0.4, -0.2) is 64.8 Å². The minimum atomic E-state index is -0.676. The first-order chi connectivity index (χ1) is 12.5. The van der Waals surface area contributed by atoms with Gasteiger partial charge in [0.15, 0.2) is 5.69 Å². The third kappa shape index (κ3) is 3.71. The highest BCUT2D eigenvalue weighted by atomic mass is 16.2. The van der Waals surface area contributed by atoms with Gasteiger partial charge in [-0.2, -0.15) is 0 Å². The molecule has 136 valence electrons. The highest BCUT2D eigenvalue weighted by molar-refractivity contribution is 5.96. The molecule has 8 nitrogen and oxygen atoms in total. The Morgan fingerprint density at radius 3 is 2.58 bits per heavy atom. The molecule has 1 fully saturated rings. The van der Waals surface area contributed by atoms with Crippen LogP contribution < -0.4 is 11.5 Å². The zero-order valence-corrected chi connectivity index (χ0v) is 14.7. The van der Waals surface area contributed by atoms with Gasteiger partial charge in [-0.3, -0.25) is 14.6 Å². The monoisotopic (exact) mass is 354 g/mol. The molecule has 0 bridgehead atoms. The molecule has 0 spiro atoms. The maximum absolute atomic E-state index is 12.7. The van der Waals surface area contributed by atoms with Gasteiger partial charge in [-0.05, 0) is 19.2 Å². The van der Waals surface area contributed by atoms with Gasteiger partial charge in [0.25, 0.3) is 11.8 Å². The van der Waals surface area contributed by atoms with Crippen molar-refractivity contribution in [2.45, 2.75) is 6.54 Å². The zero-order chi connectivity index (χ0) is 18.7. The summed E-state index contributed by atoms with van der Waals surface area (Å²) in [6.07, 6.45) is 1.54. The van der Waals surface area contributed by atoms with Gasteiger partial charge in [0.1, 0.15) is 0 Å². The average molecular weight is 354 g/mol. The van der Waals surface area contributed by atoms with E-state index >= 15 is 0 Å². The summed E-state index contributed by atoms with van der Waals surface area (Å²) < 4.78 is 0. The number of hydrogen-bond donors (Lipinski definition) is 2. The predicted molar refractivity (Wildman–Crippen MR) is 97.3 cm³/mol. The van der Waals surface area contributed by atoms with Crippen LogP contribution in [0, 0.1) is 0 Å². The highest BCUT2D eigenvalue weighted by Crippen LogP contribution is 2.20. The number of hydrogen-bond acceptors (Lipinski definition) is 6. The van der Waals surface area contributed by atoms with Crippen molar-refractivity contribution in [3.05, 3.63) is 47.4 Å². The molecule has 4 N–H and O–H groups in total. The molecule has 0 atom stereocenters. The number of benzene rings is 1. The third-order valence-corrected chi connectivity index (χ3v) is 4.47. The standard InChI is InChI=1S/C18H22N6O2/c1-23-5-7-24(8-6-23)18(26)13-4-2-3-12(9-13)15-11-21-14(10-19)16(22-15)17(20)25/h2-4,9,11H,5-8,10,19H2,1H3,(H2,20,25). The van der Waals surface area contributed by atoms with E-state index in [-0.39, 0.29) is 18.1 Å². The zero-order valence-electron chi connectivity index (χ0n) is 14.7. The van der Waals surface area contributed by atoms with Crippen molar-refractivity contribution in [1.29, 1.82) is 0 Å². The first kappa shape index (κ1) is 18.0. The summed E-state index contributed by atoms with van der Waals surface area (Å²) in [4.78, 5) is 36.8. The molecule has 1 aliphatic rings. The SMILES string of the molecule is CN1CCN(C(=O)c2cccc(-c3cnc(CN)c(C(N)=O)n3)c2)CC1. The molecule has 1 saturated heterocycles. The maximum atomic E-state index is 12.7. The van der Waals surface area contributed by atoms with Crippen LogP contribution >= 0.6 is 0 Å². The van der Waals surface area contributed by atoms with E-state index in [9.17, 15) is 9.59 Å². The minimum absolute atomic E-state index is 0.0124. The summed E-state index contributed by atoms with van der Waals surface area (Å²) in [5.74, 6) is -0.689. The number of rotatable bonds is 4. The summed E-state index contributed by atoms with van der Waals surface area (Å²) in [5.41, 5.74) is 13.1. The van der Waals surface area contributed by atoms with Crippen molar-refractivity contribution in [2.75, 3.05) is 33.2 Å². The smallest absolute Gasteiger partial charge is 0.269 e. The molecule has 2 aromatic rings. The fourth-order valence-electron chi connectivity index (χ4n) is 2.90. The predicted octanol–water partition coefficient (Wildman–Crippen LogP) is 0.0888. The fraction of sp³-hybridized carbons (Fsp3) is 0.333. The van der Waals surface area contributed by atoms with Crippen LogP contribution in [0.25, 0.3) is 11.3 Å². The normalized spacial score (nSPS) is 15.1. The molecular weight excluding hydrogens is 332 g/mol. The van der Waals surface area contributed by atoms with E-state index in [1.54, 1.807) is 18.2 Å². The molecular formula is C18H22N6O2. The van der Waals surface area contributed by atoms with Gasteiger partial charge in [-0.15, -0.1) is 0 Å². The minimum Gasteiger partial charge on any atom is -0.364 e. The maximum Gasteiger partial charge on any atom is 0.269 e. The number of likely N-dealkylation sites (N-methyl/N-ethyl adjacent to an activating group) is 1. The van der Waals surface area contributed by atoms with Crippen molar-refractivity contribution >= 4 is 11.8 Å². The molecule has 3 rings (SSSR count). The van der Waals surface area contributed by atoms with Crippen molar-refractivity contribution in [3.63, 3.8) is 0 Å². The largest absolute Gasteiger partial charge is 0.364 e. The number of nitrogens with zero attached hydrogens (tertiary/aromatic N) is 4. The summed E-state index contributed by atoms with van der Waals surface area (Å²) >= 11 is 0. The van der Waals surface area contributed by atoms with E-state index in [1.807, 2.05) is 18.0 Å². The summed E-state index contributed by atoms with van der Waals surface area (Å²) in [7, 11) is 2.04. The van der Waals surface area contributed by atoms with E-state index < -0.39 is 5.91 Å². The Balaban J connectivity index is 1.89. The number of amides is 2. The van der Waals surface area contributed by atoms with Gasteiger partial charge < -0.3 is 21.3 Å². The van der Waals surface area contributed by atoms with Crippen molar-refractivity contribution in [2.24, 2.45) is 11.5 Å². The van der Waals surface area contributed by atoms with Crippen LogP contribution in [0.15, 0.2) is 30.5 Å². The Morgan fingerprint density at radius 2 is 1.92 bits per heavy atom. The second-order valence-electron chi connectivity index (χ2n) is 6.30. The van der Waals surface area contributed by atoms with E-state index in [0.717, 1.165) is 13.1 Å². The van der Waals surface area contributed by atoms with Crippen LogP contribution in [-0.2, 0) is 6.54 Å². The molecule has 1 aromatic carbocycles. The van der Waals surface area contributed by atoms with Gasteiger partial charge in [0.2, 0.25) is 0 Å². The van der Waals surface area contributed by atoms with Crippen molar-refractivity contribution < 1.29 is 9.59 Å². The van der Waals surface area contributed by atoms with Gasteiger partial charge in [0, 0.05) is 43.9 Å². The van der Waals surface area contributed by atoms with E-state index in [1.165, 1.54) is 6.20 Å². The van der Waals surface area contributed by atoms with Crippen LogP contribution in [0.4, 0.5) is 0 Å². The Morgan fingerprint density at radius 1 is 1.19 bits per heavy atom. The number of piperazine rings is 1. The Bertz CT molecular complexity index is 830. The highest BCUT2D eigenvalue weighted by Gasteiger charge is 2.21. The molecule has 26 heavy (non-hydrogen) atoms. The Hall–Kier alpha value is -2.84. The van der Waals surface area contributed by atoms with E-state index in [0.29, 0.717) is 35.6 Å². The lowest BCUT2D eigenvalue weighted by molar-refractivity contribution is 0.0664. The second kappa shape index (κ2) is 7.59. The van der Waals surface area contributed by atoms with E-state index in [2.05, 4.69) is 14.9 Å². The summed E-state index contributed by atoms with van der Waals surface area (Å²) in [6.45, 7) is 3.21. The fourth-order valence-corrected chi connectivity index (χ4v) is 2.90. The van der Waals surface area contributed by atoms with Crippen LogP contribution in [0.2, 0.25) is 0 Å². The molecule has 0 radical (unpaired) electrons. The van der Waals surface area contributed by atoms with Crippen LogP contribution in [0.3, 0.4) is 0 Å². The van der Waals surface area contributed by atoms with E-state index in [4.69, 9.17) is 11.5 Å². The molecule has 2 amide bonds. The molecule has 8 heteroatoms. The molecule has 0 saturated carbocycles. The lowest BCUT2D eigenvalue weighted by Gasteiger charge is -2.32. The lowest BCUT2D eigenvalue weighted by atomic mass is 10.1. The molecule has 1 aliphatic heterocycles. The molecule has 2 heterocycles. The number of carbonyl (C=O) groups excluding carboxylic acids is 2. The van der Waals surface area contributed by atoms with Crippen LogP contribution in [0.1, 0.15) is 26.5 Å². The number of aromatic nitrogens is 2.